The Labute approximate surface area is 119 Å². The van der Waals surface area contributed by atoms with E-state index in [1.165, 1.54) is 18.7 Å². The minimum atomic E-state index is -0.245. The van der Waals surface area contributed by atoms with Gasteiger partial charge in [0.15, 0.2) is 0 Å². The van der Waals surface area contributed by atoms with Crippen LogP contribution < -0.4 is 10.2 Å². The molecule has 0 unspecified atom stereocenters. The number of amides is 2. The smallest absolute Gasteiger partial charge is 0.230 e. The molecule has 0 aliphatic carbocycles. The number of carbonyl (C=O) groups is 2. The number of imide groups is 1. The summed E-state index contributed by atoms with van der Waals surface area (Å²) in [5, 5.41) is 3.31. The minimum Gasteiger partial charge on any atom is -0.314 e. The second kappa shape index (κ2) is 6.63. The zero-order valence-electron chi connectivity index (χ0n) is 12.1. The average Bonchev–Trinajstić information content (AvgIpc) is 2.41. The van der Waals surface area contributed by atoms with Crippen LogP contribution >= 0.6 is 0 Å². The summed E-state index contributed by atoms with van der Waals surface area (Å²) in [7, 11) is 0. The van der Waals surface area contributed by atoms with E-state index < -0.39 is 0 Å². The molecule has 1 fully saturated rings. The number of anilines is 1. The molecule has 1 heterocycles. The molecule has 1 N–H and O–H groups in total. The molecule has 1 aliphatic heterocycles. The maximum atomic E-state index is 11.7. The highest BCUT2D eigenvalue weighted by Crippen LogP contribution is 2.22. The summed E-state index contributed by atoms with van der Waals surface area (Å²) in [4.78, 5) is 27.0. The molecule has 1 aliphatic rings. The molecular formula is C15H21N3O2. The Kier molecular flexibility index (Phi) is 4.87. The number of piperazine rings is 1. The summed E-state index contributed by atoms with van der Waals surface area (Å²) in [6.07, 6.45) is 0. The predicted molar refractivity (Wildman–Crippen MR) is 78.4 cm³/mol. The first-order valence-corrected chi connectivity index (χ1v) is 6.92. The Bertz CT molecular complexity index is 482. The molecule has 5 heteroatoms. The third-order valence-electron chi connectivity index (χ3n) is 3.47. The van der Waals surface area contributed by atoms with Crippen molar-refractivity contribution in [3.05, 3.63) is 29.8 Å². The average molecular weight is 275 g/mol. The summed E-state index contributed by atoms with van der Waals surface area (Å²) in [6, 6.07) is 7.62. The van der Waals surface area contributed by atoms with Crippen LogP contribution in [0.2, 0.25) is 0 Å². The van der Waals surface area contributed by atoms with Gasteiger partial charge in [0.1, 0.15) is 0 Å². The Morgan fingerprint density at radius 2 is 1.75 bits per heavy atom. The fraction of sp³-hybridized carbons (Fsp3) is 0.467. The van der Waals surface area contributed by atoms with Crippen molar-refractivity contribution in [3.63, 3.8) is 0 Å². The van der Waals surface area contributed by atoms with Crippen LogP contribution in [0, 0.1) is 0 Å². The Balaban J connectivity index is 2.24. The van der Waals surface area contributed by atoms with Crippen molar-refractivity contribution in [1.29, 1.82) is 0 Å². The van der Waals surface area contributed by atoms with E-state index in [0.717, 1.165) is 38.3 Å². The van der Waals surface area contributed by atoms with E-state index in [2.05, 4.69) is 10.2 Å². The van der Waals surface area contributed by atoms with Gasteiger partial charge in [0.2, 0.25) is 11.8 Å². The van der Waals surface area contributed by atoms with E-state index in [9.17, 15) is 9.59 Å². The second-order valence-corrected chi connectivity index (χ2v) is 5.03. The van der Waals surface area contributed by atoms with Gasteiger partial charge in [0, 0.05) is 46.6 Å². The van der Waals surface area contributed by atoms with Crippen LogP contribution in [-0.2, 0) is 16.1 Å². The van der Waals surface area contributed by atoms with Gasteiger partial charge < -0.3 is 5.32 Å². The molecule has 0 atom stereocenters. The van der Waals surface area contributed by atoms with Crippen molar-refractivity contribution in [1.82, 2.24) is 10.2 Å². The van der Waals surface area contributed by atoms with Crippen LogP contribution in [0.15, 0.2) is 24.3 Å². The van der Waals surface area contributed by atoms with Gasteiger partial charge in [-0.25, -0.2) is 0 Å². The first-order chi connectivity index (χ1) is 9.59. The molecule has 0 radical (unpaired) electrons. The number of carbonyl (C=O) groups excluding carboxylic acids is 2. The van der Waals surface area contributed by atoms with Gasteiger partial charge in [-0.15, -0.1) is 0 Å². The minimum absolute atomic E-state index is 0.245. The summed E-state index contributed by atoms with van der Waals surface area (Å²) in [6.45, 7) is 7.51. The lowest BCUT2D eigenvalue weighted by Crippen LogP contribution is -2.43. The number of nitrogens with one attached hydrogen (secondary N) is 1. The number of para-hydroxylation sites is 1. The lowest BCUT2D eigenvalue weighted by molar-refractivity contribution is -0.124. The van der Waals surface area contributed by atoms with Crippen LogP contribution in [0.1, 0.15) is 19.4 Å². The topological polar surface area (TPSA) is 52.7 Å². The Morgan fingerprint density at radius 1 is 1.15 bits per heavy atom. The molecule has 0 saturated carbocycles. The predicted octanol–water partition coefficient (Wildman–Crippen LogP) is 0.991. The van der Waals surface area contributed by atoms with Gasteiger partial charge in [-0.3, -0.25) is 19.4 Å². The standard InChI is InChI=1S/C15H21N3O2/c1-12(19)18(13(2)20)15-6-4-3-5-14(15)11-17-9-7-16-8-10-17/h3-6,16H,7-11H2,1-2H3. The summed E-state index contributed by atoms with van der Waals surface area (Å²) in [5.41, 5.74) is 1.71. The zero-order valence-corrected chi connectivity index (χ0v) is 12.1. The molecular weight excluding hydrogens is 254 g/mol. The lowest BCUT2D eigenvalue weighted by atomic mass is 10.1. The molecule has 108 valence electrons. The van der Waals surface area contributed by atoms with Gasteiger partial charge in [-0.05, 0) is 11.6 Å². The van der Waals surface area contributed by atoms with Gasteiger partial charge in [-0.2, -0.15) is 0 Å². The number of rotatable bonds is 3. The van der Waals surface area contributed by atoms with Crippen molar-refractivity contribution in [3.8, 4) is 0 Å². The number of hydrogen-bond donors (Lipinski definition) is 1. The fourth-order valence-electron chi connectivity index (χ4n) is 2.53. The van der Waals surface area contributed by atoms with Crippen LogP contribution in [-0.4, -0.2) is 42.9 Å². The third-order valence-corrected chi connectivity index (χ3v) is 3.47. The van der Waals surface area contributed by atoms with E-state index in [0.29, 0.717) is 5.69 Å². The van der Waals surface area contributed by atoms with Crippen LogP contribution in [0.5, 0.6) is 0 Å². The quantitative estimate of drug-likeness (QED) is 0.894. The van der Waals surface area contributed by atoms with Crippen molar-refractivity contribution >= 4 is 17.5 Å². The molecule has 20 heavy (non-hydrogen) atoms. The molecule has 1 aromatic rings. The number of benzene rings is 1. The molecule has 0 spiro atoms. The molecule has 2 amide bonds. The van der Waals surface area contributed by atoms with Crippen LogP contribution in [0.4, 0.5) is 5.69 Å². The monoisotopic (exact) mass is 275 g/mol. The van der Waals surface area contributed by atoms with E-state index in [4.69, 9.17) is 0 Å². The SMILES string of the molecule is CC(=O)N(C(C)=O)c1ccccc1CN1CCNCC1. The number of hydrogen-bond acceptors (Lipinski definition) is 4. The van der Waals surface area contributed by atoms with Crippen molar-refractivity contribution in [2.75, 3.05) is 31.1 Å². The maximum absolute atomic E-state index is 11.7. The van der Waals surface area contributed by atoms with Crippen molar-refractivity contribution in [2.24, 2.45) is 0 Å². The van der Waals surface area contributed by atoms with Gasteiger partial charge in [0.25, 0.3) is 0 Å². The van der Waals surface area contributed by atoms with E-state index in [-0.39, 0.29) is 11.8 Å². The van der Waals surface area contributed by atoms with Gasteiger partial charge in [0.05, 0.1) is 5.69 Å². The Morgan fingerprint density at radius 3 is 2.35 bits per heavy atom. The van der Waals surface area contributed by atoms with Gasteiger partial charge >= 0.3 is 0 Å². The van der Waals surface area contributed by atoms with Crippen LogP contribution in [0.25, 0.3) is 0 Å². The Hall–Kier alpha value is -1.72. The molecule has 0 aromatic heterocycles. The van der Waals surface area contributed by atoms with Gasteiger partial charge in [-0.1, -0.05) is 18.2 Å². The molecule has 1 saturated heterocycles. The fourth-order valence-corrected chi connectivity index (χ4v) is 2.53. The third kappa shape index (κ3) is 3.43. The van der Waals surface area contributed by atoms with Crippen LogP contribution in [0.3, 0.4) is 0 Å². The highest BCUT2D eigenvalue weighted by molar-refractivity contribution is 6.13. The summed E-state index contributed by atoms with van der Waals surface area (Å²) < 4.78 is 0. The second-order valence-electron chi connectivity index (χ2n) is 5.03. The van der Waals surface area contributed by atoms with Crippen molar-refractivity contribution in [2.45, 2.75) is 20.4 Å². The highest BCUT2D eigenvalue weighted by Gasteiger charge is 2.20. The molecule has 5 nitrogen and oxygen atoms in total. The molecule has 0 bridgehead atoms. The maximum Gasteiger partial charge on any atom is 0.230 e. The first kappa shape index (κ1) is 14.7. The zero-order chi connectivity index (χ0) is 14.5. The molecule has 2 rings (SSSR count). The van der Waals surface area contributed by atoms with E-state index in [1.54, 1.807) is 0 Å². The molecule has 1 aromatic carbocycles. The first-order valence-electron chi connectivity index (χ1n) is 6.92. The lowest BCUT2D eigenvalue weighted by Gasteiger charge is -2.29. The highest BCUT2D eigenvalue weighted by atomic mass is 16.2. The summed E-state index contributed by atoms with van der Waals surface area (Å²) >= 11 is 0. The largest absolute Gasteiger partial charge is 0.314 e. The van der Waals surface area contributed by atoms with E-state index in [1.807, 2.05) is 24.3 Å². The number of nitrogens with zero attached hydrogens (tertiary/aromatic N) is 2. The summed E-state index contributed by atoms with van der Waals surface area (Å²) in [5.74, 6) is -0.490. The van der Waals surface area contributed by atoms with E-state index >= 15 is 0 Å². The normalized spacial score (nSPS) is 15.9. The van der Waals surface area contributed by atoms with Crippen molar-refractivity contribution < 1.29 is 9.59 Å².